The van der Waals surface area contributed by atoms with Gasteiger partial charge in [-0.1, -0.05) is 0 Å². The van der Waals surface area contributed by atoms with Gasteiger partial charge in [0.15, 0.2) is 17.7 Å². The molecule has 5 heteroatoms. The van der Waals surface area contributed by atoms with E-state index in [1.165, 1.54) is 0 Å². The van der Waals surface area contributed by atoms with Crippen LogP contribution in [-0.4, -0.2) is 34.9 Å². The van der Waals surface area contributed by atoms with Gasteiger partial charge in [0.2, 0.25) is 0 Å². The highest BCUT2D eigenvalue weighted by Gasteiger charge is 2.48. The summed E-state index contributed by atoms with van der Waals surface area (Å²) in [5.74, 6) is -2.06. The highest BCUT2D eigenvalue weighted by molar-refractivity contribution is 6.05. The molecule has 0 saturated carbocycles. The number of carbonyl (C=O) groups is 2. The van der Waals surface area contributed by atoms with Crippen LogP contribution in [0.4, 0.5) is 0 Å². The average Bonchev–Trinajstić information content (AvgIpc) is 2.48. The Hall–Kier alpha value is -1.20. The van der Waals surface area contributed by atoms with Gasteiger partial charge in [0.05, 0.1) is 6.42 Å². The first-order valence-electron chi connectivity index (χ1n) is 4.71. The Balaban J connectivity index is 2.15. The van der Waals surface area contributed by atoms with Gasteiger partial charge >= 0.3 is 5.97 Å². The summed E-state index contributed by atoms with van der Waals surface area (Å²) in [6, 6.07) is 0. The summed E-state index contributed by atoms with van der Waals surface area (Å²) in [6.07, 6.45) is 0.200. The number of carboxylic acid groups (broad SMARTS) is 1. The maximum Gasteiger partial charge on any atom is 0.307 e. The number of fused-ring (bicyclic) bond motifs is 1. The fraction of sp³-hybridized carbons (Fsp3) is 0.600. The van der Waals surface area contributed by atoms with E-state index in [0.717, 1.165) is 0 Å². The lowest BCUT2D eigenvalue weighted by Crippen LogP contribution is -2.27. The molecule has 0 aromatic rings. The average molecular weight is 212 g/mol. The fourth-order valence-electron chi connectivity index (χ4n) is 1.89. The van der Waals surface area contributed by atoms with Crippen LogP contribution in [0.1, 0.15) is 20.3 Å². The molecule has 2 aliphatic rings. The molecule has 15 heavy (non-hydrogen) atoms. The van der Waals surface area contributed by atoms with Gasteiger partial charge in [0.25, 0.3) is 0 Å². The van der Waals surface area contributed by atoms with Gasteiger partial charge in [-0.15, -0.1) is 0 Å². The van der Waals surface area contributed by atoms with E-state index in [1.54, 1.807) is 19.9 Å². The topological polar surface area (TPSA) is 72.8 Å². The predicted octanol–water partition coefficient (Wildman–Crippen LogP) is 0.490. The van der Waals surface area contributed by atoms with Crippen LogP contribution in [0.2, 0.25) is 0 Å². The lowest BCUT2D eigenvalue weighted by Gasteiger charge is -2.17. The summed E-state index contributed by atoms with van der Waals surface area (Å²) in [5, 5.41) is 8.58. The Morgan fingerprint density at radius 2 is 2.20 bits per heavy atom. The van der Waals surface area contributed by atoms with E-state index in [1.807, 2.05) is 0 Å². The summed E-state index contributed by atoms with van der Waals surface area (Å²) in [6.45, 7) is 3.45. The van der Waals surface area contributed by atoms with Crippen LogP contribution in [0.3, 0.4) is 0 Å². The van der Waals surface area contributed by atoms with Crippen LogP contribution in [0.25, 0.3) is 0 Å². The third kappa shape index (κ3) is 1.80. The van der Waals surface area contributed by atoms with Gasteiger partial charge in [-0.25, -0.2) is 0 Å². The number of carboxylic acids is 1. The van der Waals surface area contributed by atoms with E-state index in [0.29, 0.717) is 0 Å². The van der Waals surface area contributed by atoms with Gasteiger partial charge in [-0.3, -0.25) is 9.59 Å². The van der Waals surface area contributed by atoms with E-state index < -0.39 is 24.0 Å². The molecule has 0 spiro atoms. The summed E-state index contributed by atoms with van der Waals surface area (Å²) in [4.78, 5) is 22.1. The molecule has 82 valence electrons. The van der Waals surface area contributed by atoms with Crippen molar-refractivity contribution in [3.8, 4) is 0 Å². The summed E-state index contributed by atoms with van der Waals surface area (Å²) < 4.78 is 10.8. The minimum atomic E-state index is -1.02. The van der Waals surface area contributed by atoms with Gasteiger partial charge in [0.1, 0.15) is 6.10 Å². The smallest absolute Gasteiger partial charge is 0.307 e. The zero-order chi connectivity index (χ0) is 11.2. The van der Waals surface area contributed by atoms with Gasteiger partial charge in [-0.2, -0.15) is 0 Å². The molecule has 0 radical (unpaired) electrons. The highest BCUT2D eigenvalue weighted by atomic mass is 16.8. The van der Waals surface area contributed by atoms with Crippen molar-refractivity contribution < 1.29 is 24.2 Å². The molecule has 1 aliphatic heterocycles. The number of Topliss-reactive ketones (excluding diaryl/α,β-unsaturated/α-hetero) is 1. The largest absolute Gasteiger partial charge is 0.481 e. The van der Waals surface area contributed by atoms with Crippen molar-refractivity contribution in [3.05, 3.63) is 11.6 Å². The van der Waals surface area contributed by atoms with Gasteiger partial charge in [0, 0.05) is 5.57 Å². The second-order valence-electron chi connectivity index (χ2n) is 4.15. The molecule has 1 aliphatic carbocycles. The molecule has 2 atom stereocenters. The molecule has 1 heterocycles. The number of hydrogen-bond acceptors (Lipinski definition) is 4. The molecule has 0 amide bonds. The second kappa shape index (κ2) is 3.15. The van der Waals surface area contributed by atoms with Crippen molar-refractivity contribution >= 4 is 11.8 Å². The number of hydrogen-bond donors (Lipinski definition) is 1. The van der Waals surface area contributed by atoms with E-state index in [4.69, 9.17) is 14.6 Å². The van der Waals surface area contributed by atoms with Crippen LogP contribution in [0.5, 0.6) is 0 Å². The minimum Gasteiger partial charge on any atom is -0.481 e. The molecule has 0 aromatic heterocycles. The first kappa shape index (κ1) is 10.3. The van der Waals surface area contributed by atoms with Gasteiger partial charge < -0.3 is 14.6 Å². The molecular weight excluding hydrogens is 200 g/mol. The molecule has 0 aromatic carbocycles. The minimum absolute atomic E-state index is 0.265. The molecule has 5 nitrogen and oxygen atoms in total. The number of rotatable bonds is 2. The van der Waals surface area contributed by atoms with Crippen LogP contribution in [0.15, 0.2) is 11.6 Å². The standard InChI is InChI=1S/C10H12O5/c1-10(2)14-6-3-5(4-7(11)12)8(13)9(6)15-10/h3,6,9H,4H2,1-2H3,(H,11,12)/t6-,9-/m1/s1. The predicted molar refractivity (Wildman–Crippen MR) is 49.2 cm³/mol. The molecular formula is C10H12O5. The van der Waals surface area contributed by atoms with Crippen molar-refractivity contribution in [1.82, 2.24) is 0 Å². The number of aliphatic carboxylic acids is 1. The van der Waals surface area contributed by atoms with Crippen LogP contribution < -0.4 is 0 Å². The quantitative estimate of drug-likeness (QED) is 0.721. The lowest BCUT2D eigenvalue weighted by atomic mass is 10.1. The number of ether oxygens (including phenoxy) is 2. The number of ketones is 1. The van der Waals surface area contributed by atoms with E-state index in [9.17, 15) is 9.59 Å². The van der Waals surface area contributed by atoms with E-state index >= 15 is 0 Å². The van der Waals surface area contributed by atoms with Crippen LogP contribution in [0, 0.1) is 0 Å². The SMILES string of the molecule is CC1(C)O[C@@H]2C=C(CC(=O)O)C(=O)[C@@H]2O1. The Morgan fingerprint density at radius 3 is 2.73 bits per heavy atom. The van der Waals surface area contributed by atoms with Crippen LogP contribution in [-0.2, 0) is 19.1 Å². The first-order chi connectivity index (χ1) is 6.89. The Bertz CT molecular complexity index is 355. The zero-order valence-electron chi connectivity index (χ0n) is 8.52. The maximum atomic E-state index is 11.7. The molecule has 1 N–H and O–H groups in total. The van der Waals surface area contributed by atoms with Crippen molar-refractivity contribution in [2.45, 2.75) is 38.3 Å². The zero-order valence-corrected chi connectivity index (χ0v) is 8.52. The van der Waals surface area contributed by atoms with Crippen molar-refractivity contribution in [2.24, 2.45) is 0 Å². The van der Waals surface area contributed by atoms with E-state index in [2.05, 4.69) is 0 Å². The van der Waals surface area contributed by atoms with Crippen molar-refractivity contribution in [2.75, 3.05) is 0 Å². The normalized spacial score (nSPS) is 32.7. The summed E-state index contributed by atoms with van der Waals surface area (Å²) in [7, 11) is 0. The molecule has 0 unspecified atom stereocenters. The summed E-state index contributed by atoms with van der Waals surface area (Å²) in [5.41, 5.74) is 0.271. The Morgan fingerprint density at radius 1 is 1.53 bits per heavy atom. The maximum absolute atomic E-state index is 11.7. The first-order valence-corrected chi connectivity index (χ1v) is 4.71. The lowest BCUT2D eigenvalue weighted by molar-refractivity contribution is -0.153. The Kier molecular flexibility index (Phi) is 2.17. The highest BCUT2D eigenvalue weighted by Crippen LogP contribution is 2.35. The van der Waals surface area contributed by atoms with Crippen molar-refractivity contribution in [1.29, 1.82) is 0 Å². The molecule has 2 rings (SSSR count). The van der Waals surface area contributed by atoms with Crippen molar-refractivity contribution in [3.63, 3.8) is 0 Å². The van der Waals surface area contributed by atoms with Crippen LogP contribution >= 0.6 is 0 Å². The fourth-order valence-corrected chi connectivity index (χ4v) is 1.89. The van der Waals surface area contributed by atoms with Gasteiger partial charge in [-0.05, 0) is 19.9 Å². The van der Waals surface area contributed by atoms with E-state index in [-0.39, 0.29) is 17.8 Å². The number of carbonyl (C=O) groups excluding carboxylic acids is 1. The second-order valence-corrected chi connectivity index (χ2v) is 4.15. The molecule has 0 bridgehead atoms. The molecule has 1 saturated heterocycles. The third-order valence-corrected chi connectivity index (χ3v) is 2.41. The third-order valence-electron chi connectivity index (χ3n) is 2.41. The summed E-state index contributed by atoms with van der Waals surface area (Å²) >= 11 is 0. The Labute approximate surface area is 86.7 Å². The molecule has 1 fully saturated rings. The monoisotopic (exact) mass is 212 g/mol.